The van der Waals surface area contributed by atoms with E-state index in [-0.39, 0.29) is 30.2 Å². The van der Waals surface area contributed by atoms with E-state index in [9.17, 15) is 18.3 Å². The van der Waals surface area contributed by atoms with Crippen LogP contribution in [0, 0.1) is 0 Å². The van der Waals surface area contributed by atoms with Gasteiger partial charge in [-0.05, 0) is 69.9 Å². The average Bonchev–Trinajstić information content (AvgIpc) is 3.53. The van der Waals surface area contributed by atoms with Crippen LogP contribution in [-0.2, 0) is 22.2 Å². The first-order chi connectivity index (χ1) is 21.2. The Morgan fingerprint density at radius 1 is 1.11 bits per heavy atom. The second-order valence-electron chi connectivity index (χ2n) is 12.0. The van der Waals surface area contributed by atoms with Crippen molar-refractivity contribution in [1.29, 1.82) is 0 Å². The molecule has 0 aliphatic heterocycles. The molecule has 0 saturated heterocycles. The minimum absolute atomic E-state index is 0.00303. The molecule has 4 aromatic rings. The maximum atomic E-state index is 12.4. The van der Waals surface area contributed by atoms with Gasteiger partial charge in [-0.15, -0.1) is 0 Å². The van der Waals surface area contributed by atoms with Crippen LogP contribution in [0.3, 0.4) is 0 Å². The highest BCUT2D eigenvalue weighted by Gasteiger charge is 2.47. The molecule has 45 heavy (non-hydrogen) atoms. The summed E-state index contributed by atoms with van der Waals surface area (Å²) in [5.74, 6) is 0.609. The van der Waals surface area contributed by atoms with Crippen molar-refractivity contribution in [1.82, 2.24) is 19.7 Å². The average molecular weight is 694 g/mol. The lowest BCUT2D eigenvalue weighted by Gasteiger charge is -2.44. The number of hydrogen-bond donors (Lipinski definition) is 2. The van der Waals surface area contributed by atoms with Gasteiger partial charge in [0.15, 0.2) is 5.69 Å². The fourth-order valence-electron chi connectivity index (χ4n) is 5.81. The molecular weight excluding hydrogens is 663 g/mol. The first-order valence-electron chi connectivity index (χ1n) is 14.4. The molecule has 0 radical (unpaired) electrons. The Labute approximate surface area is 275 Å². The van der Waals surface area contributed by atoms with Crippen molar-refractivity contribution in [2.75, 3.05) is 6.26 Å². The van der Waals surface area contributed by atoms with E-state index in [0.29, 0.717) is 50.5 Å². The van der Waals surface area contributed by atoms with Crippen LogP contribution in [0.4, 0.5) is 0 Å². The number of benzene rings is 2. The predicted molar refractivity (Wildman–Crippen MR) is 171 cm³/mol. The molecule has 2 aliphatic carbocycles. The highest BCUT2D eigenvalue weighted by atomic mass is 35.5. The monoisotopic (exact) mass is 692 g/mol. The van der Waals surface area contributed by atoms with E-state index in [2.05, 4.69) is 10.3 Å². The lowest BCUT2D eigenvalue weighted by atomic mass is 9.66. The SMILES string of the molecule is CC(C)n1nc(C(=O)NS(C)(=O)=O)cc1C1CC(O)(c2ccc(OCc3c(-c4c(Cl)cccc4Cl)noc3C3CC3)cc2Cl)C1. The minimum Gasteiger partial charge on any atom is -0.489 e. The van der Waals surface area contributed by atoms with Crippen molar-refractivity contribution in [2.45, 2.75) is 69.6 Å². The number of nitrogens with one attached hydrogen (secondary N) is 1. The maximum absolute atomic E-state index is 12.4. The molecule has 10 nitrogen and oxygen atoms in total. The van der Waals surface area contributed by atoms with Crippen LogP contribution in [0.2, 0.25) is 15.1 Å². The van der Waals surface area contributed by atoms with Gasteiger partial charge in [-0.2, -0.15) is 5.10 Å². The van der Waals surface area contributed by atoms with Crippen LogP contribution in [0.1, 0.15) is 90.5 Å². The Balaban J connectivity index is 1.18. The van der Waals surface area contributed by atoms with Crippen LogP contribution < -0.4 is 9.46 Å². The summed E-state index contributed by atoms with van der Waals surface area (Å²) in [4.78, 5) is 12.4. The Bertz CT molecular complexity index is 1870. The summed E-state index contributed by atoms with van der Waals surface area (Å²) >= 11 is 19.7. The number of ether oxygens (including phenoxy) is 1. The molecule has 0 atom stereocenters. The molecule has 2 heterocycles. The van der Waals surface area contributed by atoms with Gasteiger partial charge in [-0.3, -0.25) is 9.48 Å². The standard InChI is InChI=1S/C31H31Cl3N4O6S/c1-16(2)38-26(12-25(35-38)30(39)37-45(3,41)42)18-13-31(40,14-18)21-10-9-19(11-24(21)34)43-15-20-28(36-44-29(20)17-7-8-17)27-22(32)5-4-6-23(27)33/h4-6,9-12,16-18,40H,7-8,13-15H2,1-3H3,(H,37,39). The fraction of sp³-hybridized carbons (Fsp3) is 0.387. The van der Waals surface area contributed by atoms with Crippen molar-refractivity contribution in [3.8, 4) is 17.0 Å². The molecule has 0 unspecified atom stereocenters. The molecule has 2 fully saturated rings. The number of hydrogen-bond acceptors (Lipinski definition) is 8. The smallest absolute Gasteiger partial charge is 0.285 e. The van der Waals surface area contributed by atoms with E-state index in [1.807, 2.05) is 18.6 Å². The van der Waals surface area contributed by atoms with E-state index in [1.165, 1.54) is 0 Å². The molecule has 238 valence electrons. The number of sulfonamides is 1. The number of carbonyl (C=O) groups is 1. The van der Waals surface area contributed by atoms with Gasteiger partial charge in [-0.25, -0.2) is 13.1 Å². The molecule has 2 N–H and O–H groups in total. The van der Waals surface area contributed by atoms with Gasteiger partial charge in [0.1, 0.15) is 23.8 Å². The molecule has 14 heteroatoms. The normalized spacial score (nSPS) is 19.9. The molecule has 2 aromatic carbocycles. The molecular formula is C31H31Cl3N4O6S. The van der Waals surface area contributed by atoms with Crippen LogP contribution >= 0.6 is 34.8 Å². The Kier molecular flexibility index (Phi) is 8.45. The summed E-state index contributed by atoms with van der Waals surface area (Å²) in [7, 11) is -3.74. The molecule has 2 saturated carbocycles. The zero-order chi connectivity index (χ0) is 32.3. The third-order valence-electron chi connectivity index (χ3n) is 8.14. The van der Waals surface area contributed by atoms with Crippen LogP contribution in [0.5, 0.6) is 5.75 Å². The first kappa shape index (κ1) is 31.9. The summed E-state index contributed by atoms with van der Waals surface area (Å²) < 4.78 is 38.6. The predicted octanol–water partition coefficient (Wildman–Crippen LogP) is 6.99. The molecule has 2 aliphatic rings. The third kappa shape index (κ3) is 6.46. The van der Waals surface area contributed by atoms with Gasteiger partial charge >= 0.3 is 0 Å². The zero-order valence-electron chi connectivity index (χ0n) is 24.7. The zero-order valence-corrected chi connectivity index (χ0v) is 27.8. The van der Waals surface area contributed by atoms with Gasteiger partial charge in [0.2, 0.25) is 10.0 Å². The summed E-state index contributed by atoms with van der Waals surface area (Å²) in [6.07, 6.45) is 3.60. The Hall–Kier alpha value is -3.09. The number of aliphatic hydroxyl groups is 1. The largest absolute Gasteiger partial charge is 0.489 e. The number of carbonyl (C=O) groups excluding carboxylic acids is 1. The van der Waals surface area contributed by atoms with Crippen LogP contribution in [0.15, 0.2) is 47.0 Å². The molecule has 2 aromatic heterocycles. The number of rotatable bonds is 10. The molecule has 6 rings (SSSR count). The van der Waals surface area contributed by atoms with Crippen LogP contribution in [0.25, 0.3) is 11.3 Å². The first-order valence-corrected chi connectivity index (χ1v) is 17.5. The summed E-state index contributed by atoms with van der Waals surface area (Å²) in [6.45, 7) is 3.98. The van der Waals surface area contributed by atoms with Crippen LogP contribution in [-0.4, -0.2) is 40.6 Å². The number of nitrogens with zero attached hydrogens (tertiary/aromatic N) is 3. The van der Waals surface area contributed by atoms with Gasteiger partial charge in [0.05, 0.1) is 32.5 Å². The van der Waals surface area contributed by atoms with Gasteiger partial charge in [0, 0.05) is 34.7 Å². The van der Waals surface area contributed by atoms with Crippen molar-refractivity contribution >= 4 is 50.7 Å². The molecule has 0 bridgehead atoms. The number of aromatic nitrogens is 3. The second-order valence-corrected chi connectivity index (χ2v) is 15.0. The lowest BCUT2D eigenvalue weighted by molar-refractivity contribution is -0.0570. The maximum Gasteiger partial charge on any atom is 0.285 e. The van der Waals surface area contributed by atoms with E-state index in [0.717, 1.165) is 36.1 Å². The fourth-order valence-corrected chi connectivity index (χ4v) is 7.17. The van der Waals surface area contributed by atoms with Crippen molar-refractivity contribution in [3.63, 3.8) is 0 Å². The van der Waals surface area contributed by atoms with Crippen molar-refractivity contribution in [2.24, 2.45) is 0 Å². The van der Waals surface area contributed by atoms with E-state index >= 15 is 0 Å². The number of amides is 1. The topological polar surface area (TPSA) is 137 Å². The van der Waals surface area contributed by atoms with E-state index < -0.39 is 21.5 Å². The van der Waals surface area contributed by atoms with E-state index in [4.69, 9.17) is 44.1 Å². The molecule has 1 amide bonds. The van der Waals surface area contributed by atoms with E-state index in [1.54, 1.807) is 47.1 Å². The van der Waals surface area contributed by atoms with Crippen molar-refractivity contribution < 1.29 is 27.6 Å². The third-order valence-corrected chi connectivity index (χ3v) is 9.64. The molecule has 0 spiro atoms. The highest BCUT2D eigenvalue weighted by Crippen LogP contribution is 2.53. The Morgan fingerprint density at radius 3 is 2.40 bits per heavy atom. The summed E-state index contributed by atoms with van der Waals surface area (Å²) in [5.41, 5.74) is 2.00. The summed E-state index contributed by atoms with van der Waals surface area (Å²) in [5, 5.41) is 21.4. The van der Waals surface area contributed by atoms with Gasteiger partial charge in [-0.1, -0.05) is 52.1 Å². The second kappa shape index (κ2) is 11.9. The van der Waals surface area contributed by atoms with Crippen molar-refractivity contribution in [3.05, 3.63) is 85.8 Å². The Morgan fingerprint density at radius 2 is 1.80 bits per heavy atom. The quantitative estimate of drug-likeness (QED) is 0.181. The lowest BCUT2D eigenvalue weighted by Crippen LogP contribution is -2.41. The van der Waals surface area contributed by atoms with Gasteiger partial charge in [0.25, 0.3) is 5.91 Å². The number of halogens is 3. The highest BCUT2D eigenvalue weighted by molar-refractivity contribution is 7.89. The van der Waals surface area contributed by atoms with Gasteiger partial charge < -0.3 is 14.4 Å². The minimum atomic E-state index is -3.74. The summed E-state index contributed by atoms with van der Waals surface area (Å²) in [6, 6.07) is 11.9.